The Morgan fingerprint density at radius 2 is 2.21 bits per heavy atom. The highest BCUT2D eigenvalue weighted by Crippen LogP contribution is 2.41. The van der Waals surface area contributed by atoms with E-state index in [1.54, 1.807) is 18.8 Å². The molecule has 4 nitrogen and oxygen atoms in total. The number of ether oxygens (including phenoxy) is 2. The maximum absolute atomic E-state index is 11.5. The van der Waals surface area contributed by atoms with Gasteiger partial charge in [-0.1, -0.05) is 0 Å². The third-order valence-electron chi connectivity index (χ3n) is 2.46. The van der Waals surface area contributed by atoms with E-state index in [1.165, 1.54) is 0 Å². The zero-order valence-corrected chi connectivity index (χ0v) is 9.39. The van der Waals surface area contributed by atoms with E-state index in [0.29, 0.717) is 0 Å². The van der Waals surface area contributed by atoms with Gasteiger partial charge in [0.1, 0.15) is 11.4 Å². The van der Waals surface area contributed by atoms with Gasteiger partial charge in [0.05, 0.1) is 6.10 Å². The van der Waals surface area contributed by atoms with Gasteiger partial charge in [0, 0.05) is 12.8 Å². The van der Waals surface area contributed by atoms with Gasteiger partial charge in [0.15, 0.2) is 5.79 Å². The number of thioether (sulfide) groups is 1. The van der Waals surface area contributed by atoms with E-state index in [-0.39, 0.29) is 23.4 Å². The second kappa shape index (κ2) is 3.40. The minimum Gasteiger partial charge on any atom is -0.358 e. The molecule has 2 saturated heterocycles. The Bertz CT molecular complexity index is 256. The number of hydrogen-bond acceptors (Lipinski definition) is 4. The zero-order chi connectivity index (χ0) is 10.3. The van der Waals surface area contributed by atoms with Crippen molar-refractivity contribution in [3.8, 4) is 0 Å². The Morgan fingerprint density at radius 3 is 2.86 bits per heavy atom. The standard InChI is InChI=1S/C9H15NO3S/c1-9(2)12-5-4-14-7(6(5)13-9)8(11)10-3/h5-7H,4H2,1-3H3,(H,10,11). The van der Waals surface area contributed by atoms with Gasteiger partial charge in [-0.15, -0.1) is 11.8 Å². The third-order valence-corrected chi connectivity index (χ3v) is 3.83. The van der Waals surface area contributed by atoms with Crippen molar-refractivity contribution in [1.29, 1.82) is 0 Å². The Kier molecular flexibility index (Phi) is 2.49. The van der Waals surface area contributed by atoms with Crippen molar-refractivity contribution in [2.45, 2.75) is 37.1 Å². The molecule has 0 aromatic heterocycles. The normalized spacial score (nSPS) is 39.5. The summed E-state index contributed by atoms with van der Waals surface area (Å²) in [5.41, 5.74) is 0. The highest BCUT2D eigenvalue weighted by atomic mass is 32.2. The van der Waals surface area contributed by atoms with Crippen LogP contribution in [0.15, 0.2) is 0 Å². The van der Waals surface area contributed by atoms with Gasteiger partial charge in [0.2, 0.25) is 5.91 Å². The Morgan fingerprint density at radius 1 is 1.50 bits per heavy atom. The van der Waals surface area contributed by atoms with Crippen LogP contribution in [0.3, 0.4) is 0 Å². The van der Waals surface area contributed by atoms with Crippen molar-refractivity contribution in [2.75, 3.05) is 12.8 Å². The lowest BCUT2D eigenvalue weighted by atomic mass is 10.1. The molecule has 2 fully saturated rings. The molecule has 5 heteroatoms. The Balaban J connectivity index is 2.08. The number of amides is 1. The van der Waals surface area contributed by atoms with Crippen LogP contribution in [0.4, 0.5) is 0 Å². The van der Waals surface area contributed by atoms with Crippen molar-refractivity contribution in [2.24, 2.45) is 0 Å². The van der Waals surface area contributed by atoms with Gasteiger partial charge in [-0.3, -0.25) is 4.79 Å². The molecule has 2 rings (SSSR count). The lowest BCUT2D eigenvalue weighted by Gasteiger charge is -2.20. The molecule has 2 heterocycles. The molecule has 0 saturated carbocycles. The van der Waals surface area contributed by atoms with Crippen LogP contribution in [0.25, 0.3) is 0 Å². The molecular formula is C9H15NO3S. The van der Waals surface area contributed by atoms with E-state index in [4.69, 9.17) is 9.47 Å². The number of hydrogen-bond donors (Lipinski definition) is 1. The van der Waals surface area contributed by atoms with Crippen LogP contribution in [0.2, 0.25) is 0 Å². The Labute approximate surface area is 87.7 Å². The molecule has 3 unspecified atom stereocenters. The van der Waals surface area contributed by atoms with Crippen LogP contribution in [0, 0.1) is 0 Å². The van der Waals surface area contributed by atoms with Gasteiger partial charge in [0.25, 0.3) is 0 Å². The third kappa shape index (κ3) is 1.64. The van der Waals surface area contributed by atoms with Gasteiger partial charge in [-0.05, 0) is 13.8 Å². The second-order valence-electron chi connectivity index (χ2n) is 4.01. The molecule has 80 valence electrons. The molecule has 0 spiro atoms. The van der Waals surface area contributed by atoms with Crippen molar-refractivity contribution in [3.05, 3.63) is 0 Å². The van der Waals surface area contributed by atoms with Gasteiger partial charge >= 0.3 is 0 Å². The average molecular weight is 217 g/mol. The summed E-state index contributed by atoms with van der Waals surface area (Å²) in [5.74, 6) is 0.332. The first-order valence-electron chi connectivity index (χ1n) is 4.72. The van der Waals surface area contributed by atoms with E-state index in [1.807, 2.05) is 13.8 Å². The first-order valence-corrected chi connectivity index (χ1v) is 5.77. The van der Waals surface area contributed by atoms with Crippen molar-refractivity contribution < 1.29 is 14.3 Å². The molecule has 1 N–H and O–H groups in total. The summed E-state index contributed by atoms with van der Waals surface area (Å²) >= 11 is 1.61. The minimum absolute atomic E-state index is 0.0313. The van der Waals surface area contributed by atoms with Gasteiger partial charge in [-0.25, -0.2) is 0 Å². The summed E-state index contributed by atoms with van der Waals surface area (Å²) in [6.07, 6.45) is -0.0211. The predicted octanol–water partition coefficient (Wildman–Crippen LogP) is 0.368. The molecule has 14 heavy (non-hydrogen) atoms. The monoisotopic (exact) mass is 217 g/mol. The van der Waals surface area contributed by atoms with Gasteiger partial charge < -0.3 is 14.8 Å². The van der Waals surface area contributed by atoms with Crippen LogP contribution >= 0.6 is 11.8 Å². The quantitative estimate of drug-likeness (QED) is 0.689. The minimum atomic E-state index is -0.539. The fourth-order valence-electron chi connectivity index (χ4n) is 1.91. The first-order chi connectivity index (χ1) is 6.53. The van der Waals surface area contributed by atoms with Crippen LogP contribution in [-0.4, -0.2) is 42.0 Å². The number of rotatable bonds is 1. The van der Waals surface area contributed by atoms with Crippen LogP contribution in [0.1, 0.15) is 13.8 Å². The topological polar surface area (TPSA) is 47.6 Å². The molecule has 0 aromatic carbocycles. The molecular weight excluding hydrogens is 202 g/mol. The molecule has 2 aliphatic rings. The largest absolute Gasteiger partial charge is 0.358 e. The van der Waals surface area contributed by atoms with E-state index in [9.17, 15) is 4.79 Å². The molecule has 1 amide bonds. The smallest absolute Gasteiger partial charge is 0.235 e. The SMILES string of the molecule is CNC(=O)C1SCC2OC(C)(C)OC21. The fraction of sp³-hybridized carbons (Fsp3) is 0.889. The average Bonchev–Trinajstić information content (AvgIpc) is 2.58. The van der Waals surface area contributed by atoms with Crippen molar-refractivity contribution in [3.63, 3.8) is 0 Å². The number of fused-ring (bicyclic) bond motifs is 1. The van der Waals surface area contributed by atoms with Crippen LogP contribution < -0.4 is 5.32 Å². The zero-order valence-electron chi connectivity index (χ0n) is 8.57. The molecule has 0 aromatic rings. The van der Waals surface area contributed by atoms with Crippen molar-refractivity contribution in [1.82, 2.24) is 5.32 Å². The van der Waals surface area contributed by atoms with E-state index in [2.05, 4.69) is 5.32 Å². The Hall–Kier alpha value is -0.260. The highest BCUT2D eigenvalue weighted by Gasteiger charge is 2.51. The van der Waals surface area contributed by atoms with E-state index in [0.717, 1.165) is 5.75 Å². The highest BCUT2D eigenvalue weighted by molar-refractivity contribution is 8.01. The summed E-state index contributed by atoms with van der Waals surface area (Å²) < 4.78 is 11.4. The summed E-state index contributed by atoms with van der Waals surface area (Å²) in [6, 6.07) is 0. The first kappa shape index (κ1) is 10.3. The number of carbonyl (C=O) groups excluding carboxylic acids is 1. The van der Waals surface area contributed by atoms with Gasteiger partial charge in [-0.2, -0.15) is 0 Å². The fourth-order valence-corrected chi connectivity index (χ4v) is 3.25. The molecule has 0 radical (unpaired) electrons. The van der Waals surface area contributed by atoms with Crippen molar-refractivity contribution >= 4 is 17.7 Å². The number of nitrogens with one attached hydrogen (secondary N) is 1. The number of carbonyl (C=O) groups is 1. The van der Waals surface area contributed by atoms with E-state index >= 15 is 0 Å². The predicted molar refractivity (Wildman–Crippen MR) is 54.1 cm³/mol. The summed E-state index contributed by atoms with van der Waals surface area (Å²) in [6.45, 7) is 3.77. The maximum Gasteiger partial charge on any atom is 0.235 e. The molecule has 0 bridgehead atoms. The molecule has 3 atom stereocenters. The maximum atomic E-state index is 11.5. The van der Waals surface area contributed by atoms with Crippen LogP contribution in [-0.2, 0) is 14.3 Å². The molecule has 0 aliphatic carbocycles. The summed E-state index contributed by atoms with van der Waals surface area (Å²) in [5, 5.41) is 2.53. The molecule has 2 aliphatic heterocycles. The lowest BCUT2D eigenvalue weighted by Crippen LogP contribution is -2.39. The summed E-state index contributed by atoms with van der Waals surface area (Å²) in [7, 11) is 1.65. The van der Waals surface area contributed by atoms with Crippen LogP contribution in [0.5, 0.6) is 0 Å². The second-order valence-corrected chi connectivity index (χ2v) is 5.18. The van der Waals surface area contributed by atoms with E-state index < -0.39 is 5.79 Å². The lowest BCUT2D eigenvalue weighted by molar-refractivity contribution is -0.147. The summed E-state index contributed by atoms with van der Waals surface area (Å²) in [4.78, 5) is 11.5.